The number of carbonyl (C=O) groups excluding carboxylic acids is 1. The van der Waals surface area contributed by atoms with E-state index in [1.54, 1.807) is 18.3 Å². The summed E-state index contributed by atoms with van der Waals surface area (Å²) in [6, 6.07) is 3.48. The second-order valence-electron chi connectivity index (χ2n) is 2.48. The zero-order chi connectivity index (χ0) is 9.68. The van der Waals surface area contributed by atoms with Gasteiger partial charge in [0.2, 0.25) is 0 Å². The Balaban J connectivity index is 2.84. The molecule has 1 aromatic rings. The van der Waals surface area contributed by atoms with E-state index in [0.29, 0.717) is 16.3 Å². The predicted octanol–water partition coefficient (Wildman–Crippen LogP) is 1.37. The van der Waals surface area contributed by atoms with E-state index in [-0.39, 0.29) is 12.4 Å². The van der Waals surface area contributed by atoms with Crippen LogP contribution in [0, 0.1) is 0 Å². The number of hydrogen-bond donors (Lipinski definition) is 1. The number of aliphatic hydroxyl groups excluding tert-OH is 1. The summed E-state index contributed by atoms with van der Waals surface area (Å²) in [4.78, 5) is 15.2. The Hall–Kier alpha value is -0.870. The van der Waals surface area contributed by atoms with Gasteiger partial charge in [-0.05, 0) is 19.1 Å². The molecular weight excluding hydrogens is 186 g/mol. The standard InChI is InChI=1S/C9H11NO2S/c1-7(12)8-3-2-4-10-9(8)13-6-5-11/h2-4,11H,5-6H2,1H3. The number of aromatic nitrogens is 1. The Morgan fingerprint density at radius 3 is 3.08 bits per heavy atom. The first-order valence-electron chi connectivity index (χ1n) is 3.95. The Morgan fingerprint density at radius 2 is 2.46 bits per heavy atom. The van der Waals surface area contributed by atoms with E-state index < -0.39 is 0 Å². The van der Waals surface area contributed by atoms with Gasteiger partial charge in [0.05, 0.1) is 6.61 Å². The van der Waals surface area contributed by atoms with Crippen molar-refractivity contribution in [2.24, 2.45) is 0 Å². The molecule has 0 aliphatic rings. The number of hydrogen-bond acceptors (Lipinski definition) is 4. The largest absolute Gasteiger partial charge is 0.396 e. The fraction of sp³-hybridized carbons (Fsp3) is 0.333. The van der Waals surface area contributed by atoms with E-state index in [1.165, 1.54) is 18.7 Å². The monoisotopic (exact) mass is 197 g/mol. The van der Waals surface area contributed by atoms with Gasteiger partial charge in [0, 0.05) is 17.5 Å². The van der Waals surface area contributed by atoms with Crippen LogP contribution < -0.4 is 0 Å². The molecule has 0 atom stereocenters. The summed E-state index contributed by atoms with van der Waals surface area (Å²) in [6.07, 6.45) is 1.64. The minimum atomic E-state index is 0.00791. The quantitative estimate of drug-likeness (QED) is 0.585. The van der Waals surface area contributed by atoms with Gasteiger partial charge in [-0.25, -0.2) is 4.98 Å². The summed E-state index contributed by atoms with van der Waals surface area (Å²) in [5, 5.41) is 9.32. The van der Waals surface area contributed by atoms with Gasteiger partial charge in [0.15, 0.2) is 5.78 Å². The van der Waals surface area contributed by atoms with Crippen molar-refractivity contribution in [3.63, 3.8) is 0 Å². The van der Waals surface area contributed by atoms with Gasteiger partial charge in [-0.1, -0.05) is 0 Å². The number of pyridine rings is 1. The van der Waals surface area contributed by atoms with E-state index >= 15 is 0 Å². The summed E-state index contributed by atoms with van der Waals surface area (Å²) in [6.45, 7) is 1.61. The number of ketones is 1. The SMILES string of the molecule is CC(=O)c1cccnc1SCCO. The molecule has 1 aromatic heterocycles. The van der Waals surface area contributed by atoms with Crippen molar-refractivity contribution in [1.82, 2.24) is 4.98 Å². The molecule has 0 aliphatic heterocycles. The molecule has 3 nitrogen and oxygen atoms in total. The highest BCUT2D eigenvalue weighted by Gasteiger charge is 2.07. The number of Topliss-reactive ketones (excluding diaryl/α,β-unsaturated/α-hetero) is 1. The molecule has 0 saturated heterocycles. The molecule has 1 N–H and O–H groups in total. The molecule has 1 heterocycles. The maximum Gasteiger partial charge on any atom is 0.162 e. The lowest BCUT2D eigenvalue weighted by Crippen LogP contribution is -1.98. The van der Waals surface area contributed by atoms with Crippen LogP contribution >= 0.6 is 11.8 Å². The molecule has 1 rings (SSSR count). The predicted molar refractivity (Wildman–Crippen MR) is 52.1 cm³/mol. The highest BCUT2D eigenvalue weighted by atomic mass is 32.2. The summed E-state index contributed by atoms with van der Waals surface area (Å²) < 4.78 is 0. The molecule has 13 heavy (non-hydrogen) atoms. The first kappa shape index (κ1) is 10.2. The molecule has 0 saturated carbocycles. The third kappa shape index (κ3) is 2.82. The van der Waals surface area contributed by atoms with Gasteiger partial charge in [-0.3, -0.25) is 4.79 Å². The van der Waals surface area contributed by atoms with Gasteiger partial charge in [0.25, 0.3) is 0 Å². The molecule has 0 fully saturated rings. The van der Waals surface area contributed by atoms with E-state index in [1.807, 2.05) is 0 Å². The summed E-state index contributed by atoms with van der Waals surface area (Å²) in [7, 11) is 0. The smallest absolute Gasteiger partial charge is 0.162 e. The van der Waals surface area contributed by atoms with Gasteiger partial charge < -0.3 is 5.11 Å². The second kappa shape index (κ2) is 4.99. The first-order valence-corrected chi connectivity index (χ1v) is 4.94. The number of rotatable bonds is 4. The van der Waals surface area contributed by atoms with E-state index in [4.69, 9.17) is 5.11 Å². The van der Waals surface area contributed by atoms with Crippen molar-refractivity contribution in [3.8, 4) is 0 Å². The topological polar surface area (TPSA) is 50.2 Å². The molecule has 0 radical (unpaired) electrons. The Morgan fingerprint density at radius 1 is 1.69 bits per heavy atom. The average Bonchev–Trinajstić information content (AvgIpc) is 2.15. The number of nitrogens with zero attached hydrogens (tertiary/aromatic N) is 1. The number of aliphatic hydroxyl groups is 1. The van der Waals surface area contributed by atoms with Crippen LogP contribution in [0.5, 0.6) is 0 Å². The van der Waals surface area contributed by atoms with Crippen LogP contribution in [0.1, 0.15) is 17.3 Å². The number of thioether (sulfide) groups is 1. The van der Waals surface area contributed by atoms with Crippen LogP contribution in [0.3, 0.4) is 0 Å². The lowest BCUT2D eigenvalue weighted by Gasteiger charge is -2.02. The fourth-order valence-electron chi connectivity index (χ4n) is 0.916. The molecular formula is C9H11NO2S. The Bertz CT molecular complexity index is 301. The highest BCUT2D eigenvalue weighted by Crippen LogP contribution is 2.19. The second-order valence-corrected chi connectivity index (χ2v) is 3.57. The van der Waals surface area contributed by atoms with Crippen LogP contribution in [0.4, 0.5) is 0 Å². The van der Waals surface area contributed by atoms with Crippen molar-refractivity contribution in [3.05, 3.63) is 23.9 Å². The first-order chi connectivity index (χ1) is 6.25. The normalized spacial score (nSPS) is 10.0. The minimum Gasteiger partial charge on any atom is -0.396 e. The lowest BCUT2D eigenvalue weighted by molar-refractivity contribution is 0.101. The molecule has 0 aliphatic carbocycles. The Labute approximate surface area is 81.2 Å². The van der Waals surface area contributed by atoms with Crippen LogP contribution in [-0.4, -0.2) is 28.2 Å². The molecule has 0 amide bonds. The lowest BCUT2D eigenvalue weighted by atomic mass is 10.2. The van der Waals surface area contributed by atoms with Crippen molar-refractivity contribution < 1.29 is 9.90 Å². The van der Waals surface area contributed by atoms with Crippen LogP contribution in [0.15, 0.2) is 23.4 Å². The average molecular weight is 197 g/mol. The summed E-state index contributed by atoms with van der Waals surface area (Å²) in [5.41, 5.74) is 0.626. The molecule has 0 aromatic carbocycles. The molecule has 70 valence electrons. The van der Waals surface area contributed by atoms with Crippen LogP contribution in [-0.2, 0) is 0 Å². The minimum absolute atomic E-state index is 0.00791. The van der Waals surface area contributed by atoms with Gasteiger partial charge in [-0.2, -0.15) is 0 Å². The van der Waals surface area contributed by atoms with Crippen molar-refractivity contribution in [1.29, 1.82) is 0 Å². The van der Waals surface area contributed by atoms with Crippen molar-refractivity contribution >= 4 is 17.5 Å². The summed E-state index contributed by atoms with van der Waals surface area (Å²) in [5.74, 6) is 0.575. The third-order valence-corrected chi connectivity index (χ3v) is 2.47. The molecule has 0 unspecified atom stereocenters. The van der Waals surface area contributed by atoms with Gasteiger partial charge >= 0.3 is 0 Å². The maximum absolute atomic E-state index is 11.1. The van der Waals surface area contributed by atoms with Gasteiger partial charge in [0.1, 0.15) is 5.03 Å². The zero-order valence-corrected chi connectivity index (χ0v) is 8.17. The van der Waals surface area contributed by atoms with E-state index in [9.17, 15) is 4.79 Å². The fourth-order valence-corrected chi connectivity index (χ4v) is 1.70. The highest BCUT2D eigenvalue weighted by molar-refractivity contribution is 7.99. The van der Waals surface area contributed by atoms with E-state index in [2.05, 4.69) is 4.98 Å². The van der Waals surface area contributed by atoms with E-state index in [0.717, 1.165) is 0 Å². The zero-order valence-electron chi connectivity index (χ0n) is 7.36. The van der Waals surface area contributed by atoms with Crippen LogP contribution in [0.2, 0.25) is 0 Å². The molecule has 0 spiro atoms. The van der Waals surface area contributed by atoms with Gasteiger partial charge in [-0.15, -0.1) is 11.8 Å². The number of carbonyl (C=O) groups is 1. The van der Waals surface area contributed by atoms with Crippen molar-refractivity contribution in [2.45, 2.75) is 11.9 Å². The van der Waals surface area contributed by atoms with Crippen molar-refractivity contribution in [2.75, 3.05) is 12.4 Å². The van der Waals surface area contributed by atoms with Crippen LogP contribution in [0.25, 0.3) is 0 Å². The maximum atomic E-state index is 11.1. The summed E-state index contributed by atoms with van der Waals surface area (Å²) >= 11 is 1.39. The molecule has 0 bridgehead atoms. The molecule has 4 heteroatoms. The third-order valence-electron chi connectivity index (χ3n) is 1.48. The Kier molecular flexibility index (Phi) is 3.92.